The molecule has 3 N–H and O–H groups in total. The van der Waals surface area contributed by atoms with Gasteiger partial charge in [0.05, 0.1) is 5.69 Å². The van der Waals surface area contributed by atoms with Crippen molar-refractivity contribution >= 4 is 17.9 Å². The fraction of sp³-hybridized carbons (Fsp3) is 0.435. The molecule has 0 aliphatic rings. The number of aromatic nitrogens is 4. The number of ether oxygens (including phenoxy) is 1. The monoisotopic (exact) mass is 440 g/mol. The summed E-state index contributed by atoms with van der Waals surface area (Å²) in [6, 6.07) is 10.1. The molecule has 1 aromatic carbocycles. The van der Waals surface area contributed by atoms with E-state index < -0.39 is 0 Å². The molecule has 0 aliphatic carbocycles. The van der Waals surface area contributed by atoms with E-state index >= 15 is 0 Å². The summed E-state index contributed by atoms with van der Waals surface area (Å²) in [5.41, 5.74) is 11.5. The van der Waals surface area contributed by atoms with E-state index in [1.807, 2.05) is 30.8 Å². The summed E-state index contributed by atoms with van der Waals surface area (Å²) in [5.74, 6) is 1.50. The number of benzene rings is 1. The smallest absolute Gasteiger partial charge is 0.237 e. The van der Waals surface area contributed by atoms with Gasteiger partial charge < -0.3 is 10.5 Å². The van der Waals surface area contributed by atoms with Crippen molar-refractivity contribution < 1.29 is 4.74 Å². The second kappa shape index (κ2) is 10.2. The lowest BCUT2D eigenvalue weighted by Gasteiger charge is -2.16. The minimum absolute atomic E-state index is 0.0408. The molecule has 3 aromatic rings. The summed E-state index contributed by atoms with van der Waals surface area (Å²) in [6.45, 7) is 10.9. The average Bonchev–Trinajstić information content (AvgIpc) is 3.02. The molecule has 8 heteroatoms. The first-order chi connectivity index (χ1) is 14.7. The fourth-order valence-corrected chi connectivity index (χ4v) is 4.11. The van der Waals surface area contributed by atoms with Gasteiger partial charge in [0.25, 0.3) is 0 Å². The molecule has 31 heavy (non-hydrogen) atoms. The maximum Gasteiger partial charge on any atom is 0.237 e. The molecule has 2 heterocycles. The first-order valence-electron chi connectivity index (χ1n) is 10.5. The maximum atomic E-state index is 6.21. The van der Waals surface area contributed by atoms with Crippen LogP contribution in [0.1, 0.15) is 37.1 Å². The molecule has 0 fully saturated rings. The highest BCUT2D eigenvalue weighted by Gasteiger charge is 2.14. The van der Waals surface area contributed by atoms with Crippen molar-refractivity contribution in [2.45, 2.75) is 52.1 Å². The first kappa shape index (κ1) is 23.1. The zero-order valence-corrected chi connectivity index (χ0v) is 20.0. The Kier molecular flexibility index (Phi) is 7.56. The topological polar surface area (TPSA) is 90.9 Å². The molecule has 0 aliphatic heterocycles. The molecule has 0 bridgehead atoms. The molecule has 0 radical (unpaired) electrons. The highest BCUT2D eigenvalue weighted by Crippen LogP contribution is 2.30. The number of nitrogens with two attached hydrogens (primary N) is 1. The lowest BCUT2D eigenvalue weighted by molar-refractivity contribution is 0.262. The van der Waals surface area contributed by atoms with Gasteiger partial charge in [0.2, 0.25) is 11.8 Å². The van der Waals surface area contributed by atoms with E-state index in [1.54, 1.807) is 0 Å². The highest BCUT2D eigenvalue weighted by molar-refractivity contribution is 8.00. The van der Waals surface area contributed by atoms with E-state index in [0.29, 0.717) is 24.4 Å². The number of aryl methyl sites for hydroxylation is 4. The molecule has 1 atom stereocenters. The highest BCUT2D eigenvalue weighted by atomic mass is 32.2. The zero-order valence-electron chi connectivity index (χ0n) is 19.1. The molecule has 1 unspecified atom stereocenters. The van der Waals surface area contributed by atoms with Crippen LogP contribution in [0, 0.1) is 26.7 Å². The number of nitrogens with zero attached hydrogens (tertiary/aromatic N) is 4. The van der Waals surface area contributed by atoms with Crippen LogP contribution in [0.2, 0.25) is 0 Å². The molecule has 0 amide bonds. The van der Waals surface area contributed by atoms with Gasteiger partial charge in [-0.05, 0) is 50.3 Å². The van der Waals surface area contributed by atoms with Crippen molar-refractivity contribution in [1.82, 2.24) is 19.7 Å². The average molecular weight is 441 g/mol. The molecule has 0 spiro atoms. The SMILES string of the molecule is Cc1cccc(C)c1-c1cc(OCC(N)CC(C)C)nc(NSc2cc(C)n(C)n2)n1. The molecule has 2 aromatic heterocycles. The molecular weight excluding hydrogens is 408 g/mol. The molecule has 166 valence electrons. The van der Waals surface area contributed by atoms with Gasteiger partial charge in [-0.1, -0.05) is 32.0 Å². The van der Waals surface area contributed by atoms with Crippen LogP contribution >= 0.6 is 11.9 Å². The van der Waals surface area contributed by atoms with Gasteiger partial charge in [-0.2, -0.15) is 10.1 Å². The van der Waals surface area contributed by atoms with Crippen molar-refractivity contribution in [3.8, 4) is 17.1 Å². The second-order valence-corrected chi connectivity index (χ2v) is 9.16. The minimum atomic E-state index is -0.0408. The third-order valence-electron chi connectivity index (χ3n) is 5.00. The summed E-state index contributed by atoms with van der Waals surface area (Å²) in [4.78, 5) is 9.31. The van der Waals surface area contributed by atoms with Crippen LogP contribution in [0.15, 0.2) is 35.4 Å². The zero-order chi connectivity index (χ0) is 22.5. The summed E-state index contributed by atoms with van der Waals surface area (Å²) < 4.78 is 11.0. The molecule has 0 saturated carbocycles. The van der Waals surface area contributed by atoms with Gasteiger partial charge in [0.15, 0.2) is 0 Å². The van der Waals surface area contributed by atoms with Crippen LogP contribution in [-0.4, -0.2) is 32.4 Å². The molecule has 7 nitrogen and oxygen atoms in total. The summed E-state index contributed by atoms with van der Waals surface area (Å²) in [5, 5.41) is 5.31. The Morgan fingerprint density at radius 2 is 1.84 bits per heavy atom. The number of hydrogen-bond donors (Lipinski definition) is 2. The van der Waals surface area contributed by atoms with Gasteiger partial charge in [0.1, 0.15) is 11.6 Å². The van der Waals surface area contributed by atoms with E-state index in [1.165, 1.54) is 11.9 Å². The predicted octanol–water partition coefficient (Wildman–Crippen LogP) is 4.67. The number of anilines is 1. The van der Waals surface area contributed by atoms with Crippen LogP contribution in [0.5, 0.6) is 5.88 Å². The first-order valence-corrected chi connectivity index (χ1v) is 11.3. The lowest BCUT2D eigenvalue weighted by Crippen LogP contribution is -2.29. The van der Waals surface area contributed by atoms with Crippen molar-refractivity contribution in [3.05, 3.63) is 47.2 Å². The Labute approximate surface area is 189 Å². The Bertz CT molecular complexity index is 993. The van der Waals surface area contributed by atoms with Crippen LogP contribution in [-0.2, 0) is 7.05 Å². The van der Waals surface area contributed by atoms with Crippen LogP contribution in [0.3, 0.4) is 0 Å². The largest absolute Gasteiger partial charge is 0.476 e. The van der Waals surface area contributed by atoms with E-state index in [0.717, 1.165) is 39.5 Å². The standard InChI is InChI=1S/C23H32N6OS/c1-14(2)10-18(24)13-30-20-12-19(22-15(3)8-7-9-16(22)4)25-23(26-20)28-31-21-11-17(5)29(6)27-21/h7-9,11-12,14,18H,10,13,24H2,1-6H3,(H,25,26,28). The van der Waals surface area contributed by atoms with Crippen molar-refractivity contribution in [1.29, 1.82) is 0 Å². The van der Waals surface area contributed by atoms with Crippen molar-refractivity contribution in [2.75, 3.05) is 11.3 Å². The number of hydrogen-bond acceptors (Lipinski definition) is 7. The third kappa shape index (κ3) is 6.21. The Morgan fingerprint density at radius 3 is 2.45 bits per heavy atom. The van der Waals surface area contributed by atoms with E-state index in [2.05, 4.69) is 60.7 Å². The Hall–Kier alpha value is -2.58. The van der Waals surface area contributed by atoms with Gasteiger partial charge in [0, 0.05) is 42.4 Å². The number of rotatable bonds is 9. The quantitative estimate of drug-likeness (QED) is 0.467. The van der Waals surface area contributed by atoms with Crippen LogP contribution in [0.25, 0.3) is 11.3 Å². The third-order valence-corrected chi connectivity index (χ3v) is 5.69. The van der Waals surface area contributed by atoms with E-state index in [-0.39, 0.29) is 6.04 Å². The summed E-state index contributed by atoms with van der Waals surface area (Å²) in [6.07, 6.45) is 0.898. The minimum Gasteiger partial charge on any atom is -0.476 e. The fourth-order valence-electron chi connectivity index (χ4n) is 3.43. The second-order valence-electron chi connectivity index (χ2n) is 8.33. The summed E-state index contributed by atoms with van der Waals surface area (Å²) >= 11 is 1.38. The van der Waals surface area contributed by atoms with Gasteiger partial charge >= 0.3 is 0 Å². The van der Waals surface area contributed by atoms with Crippen molar-refractivity contribution in [2.24, 2.45) is 18.7 Å². The van der Waals surface area contributed by atoms with Crippen LogP contribution < -0.4 is 15.2 Å². The maximum absolute atomic E-state index is 6.21. The Balaban J connectivity index is 1.87. The van der Waals surface area contributed by atoms with Gasteiger partial charge in [-0.3, -0.25) is 9.40 Å². The van der Waals surface area contributed by atoms with E-state index in [9.17, 15) is 0 Å². The van der Waals surface area contributed by atoms with Crippen molar-refractivity contribution in [3.63, 3.8) is 0 Å². The molecular formula is C23H32N6OS. The van der Waals surface area contributed by atoms with Crippen LogP contribution in [0.4, 0.5) is 5.95 Å². The van der Waals surface area contributed by atoms with Gasteiger partial charge in [-0.25, -0.2) is 4.98 Å². The number of nitrogens with one attached hydrogen (secondary N) is 1. The summed E-state index contributed by atoms with van der Waals surface area (Å²) in [7, 11) is 1.92. The lowest BCUT2D eigenvalue weighted by atomic mass is 10.00. The molecule has 3 rings (SSSR count). The Morgan fingerprint density at radius 1 is 1.13 bits per heavy atom. The normalized spacial score (nSPS) is 12.3. The molecule has 0 saturated heterocycles. The van der Waals surface area contributed by atoms with Gasteiger partial charge in [-0.15, -0.1) is 0 Å². The predicted molar refractivity (Wildman–Crippen MR) is 127 cm³/mol. The van der Waals surface area contributed by atoms with E-state index in [4.69, 9.17) is 15.5 Å².